The van der Waals surface area contributed by atoms with E-state index in [0.29, 0.717) is 23.8 Å². The fourth-order valence-corrected chi connectivity index (χ4v) is 3.54. The van der Waals surface area contributed by atoms with Gasteiger partial charge in [-0.15, -0.1) is 0 Å². The molecule has 1 aliphatic rings. The van der Waals surface area contributed by atoms with Crippen LogP contribution in [-0.4, -0.2) is 66.9 Å². The van der Waals surface area contributed by atoms with Crippen molar-refractivity contribution in [3.63, 3.8) is 0 Å². The fourth-order valence-electron chi connectivity index (χ4n) is 3.36. The Kier molecular flexibility index (Phi) is 9.75. The van der Waals surface area contributed by atoms with Crippen LogP contribution in [0.25, 0.3) is 0 Å². The molecule has 2 rings (SSSR count). The highest BCUT2D eigenvalue weighted by atomic mass is 35.5. The molecule has 1 fully saturated rings. The van der Waals surface area contributed by atoms with Crippen LogP contribution in [0, 0.1) is 0 Å². The highest BCUT2D eigenvalue weighted by Gasteiger charge is 2.21. The summed E-state index contributed by atoms with van der Waals surface area (Å²) in [6, 6.07) is 7.45. The smallest absolute Gasteiger partial charge is 0.238 e. The van der Waals surface area contributed by atoms with Crippen molar-refractivity contribution in [1.82, 2.24) is 15.1 Å². The average molecular weight is 409 g/mol. The lowest BCUT2D eigenvalue weighted by Gasteiger charge is -2.34. The van der Waals surface area contributed by atoms with Crippen molar-refractivity contribution in [3.8, 4) is 0 Å². The lowest BCUT2D eigenvalue weighted by molar-refractivity contribution is -0.124. The number of hydrogen-bond acceptors (Lipinski definition) is 4. The Hall–Kier alpha value is -1.63. The maximum atomic E-state index is 12.2. The monoisotopic (exact) mass is 408 g/mol. The number of benzene rings is 1. The maximum Gasteiger partial charge on any atom is 0.238 e. The van der Waals surface area contributed by atoms with Crippen LogP contribution in [-0.2, 0) is 9.59 Å². The summed E-state index contributed by atoms with van der Waals surface area (Å²) in [4.78, 5) is 28.7. The Balaban J connectivity index is 1.64. The summed E-state index contributed by atoms with van der Waals surface area (Å²) in [7, 11) is 0. The predicted molar refractivity (Wildman–Crippen MR) is 115 cm³/mol. The second kappa shape index (κ2) is 12.0. The van der Waals surface area contributed by atoms with E-state index in [-0.39, 0.29) is 17.9 Å². The molecule has 1 aliphatic heterocycles. The first-order valence-electron chi connectivity index (χ1n) is 10.3. The van der Waals surface area contributed by atoms with Gasteiger partial charge in [-0.25, -0.2) is 0 Å². The number of nitrogens with zero attached hydrogens (tertiary/aromatic N) is 2. The third kappa shape index (κ3) is 8.17. The van der Waals surface area contributed by atoms with Crippen LogP contribution in [0.5, 0.6) is 0 Å². The van der Waals surface area contributed by atoms with E-state index in [1.807, 2.05) is 12.1 Å². The number of amides is 2. The Morgan fingerprint density at radius 3 is 2.25 bits per heavy atom. The van der Waals surface area contributed by atoms with Gasteiger partial charge in [-0.05, 0) is 25.5 Å². The van der Waals surface area contributed by atoms with Gasteiger partial charge < -0.3 is 10.6 Å². The van der Waals surface area contributed by atoms with E-state index in [9.17, 15) is 9.59 Å². The molecule has 156 valence electrons. The Morgan fingerprint density at radius 2 is 1.64 bits per heavy atom. The third-order valence-corrected chi connectivity index (χ3v) is 5.32. The molecule has 1 aromatic rings. The topological polar surface area (TPSA) is 64.7 Å². The number of nitrogens with one attached hydrogen (secondary N) is 2. The van der Waals surface area contributed by atoms with Gasteiger partial charge in [0, 0.05) is 32.2 Å². The van der Waals surface area contributed by atoms with E-state index in [1.54, 1.807) is 12.1 Å². The molecule has 0 spiro atoms. The van der Waals surface area contributed by atoms with Crippen LogP contribution in [0.3, 0.4) is 0 Å². The zero-order chi connectivity index (χ0) is 20.4. The molecule has 1 aromatic carbocycles. The molecule has 0 aromatic heterocycles. The quantitative estimate of drug-likeness (QED) is 0.584. The van der Waals surface area contributed by atoms with Gasteiger partial charge >= 0.3 is 0 Å². The van der Waals surface area contributed by atoms with E-state index >= 15 is 0 Å². The molecular weight excluding hydrogens is 376 g/mol. The van der Waals surface area contributed by atoms with Crippen LogP contribution < -0.4 is 10.6 Å². The van der Waals surface area contributed by atoms with Crippen LogP contribution in [0.15, 0.2) is 24.3 Å². The minimum atomic E-state index is -0.0693. The van der Waals surface area contributed by atoms with Crippen molar-refractivity contribution in [2.24, 2.45) is 0 Å². The van der Waals surface area contributed by atoms with E-state index in [1.165, 1.54) is 12.8 Å². The lowest BCUT2D eigenvalue weighted by atomic mass is 10.1. The molecule has 1 saturated heterocycles. The van der Waals surface area contributed by atoms with Gasteiger partial charge in [0.15, 0.2) is 0 Å². The molecule has 1 unspecified atom stereocenters. The van der Waals surface area contributed by atoms with Crippen LogP contribution >= 0.6 is 11.6 Å². The first kappa shape index (κ1) is 22.7. The Morgan fingerprint density at radius 1 is 1.04 bits per heavy atom. The number of piperazine rings is 1. The minimum absolute atomic E-state index is 0.0693. The number of rotatable bonds is 10. The van der Waals surface area contributed by atoms with Gasteiger partial charge in [0.2, 0.25) is 11.8 Å². The number of anilines is 1. The summed E-state index contributed by atoms with van der Waals surface area (Å²) in [5, 5.41) is 6.48. The Labute approximate surface area is 173 Å². The standard InChI is InChI=1S/C21H33ClN4O2/c1-3-4-5-8-17(2)23-20(27)15-25-11-13-26(14-12-25)16-21(28)24-19-10-7-6-9-18(19)22/h6-7,9-10,17H,3-5,8,11-16H2,1-2H3,(H,23,27)(H,24,28). The van der Waals surface area contributed by atoms with Crippen LogP contribution in [0.1, 0.15) is 39.5 Å². The van der Waals surface area contributed by atoms with Crippen LogP contribution in [0.2, 0.25) is 5.02 Å². The van der Waals surface area contributed by atoms with Crippen molar-refractivity contribution in [1.29, 1.82) is 0 Å². The Bertz CT molecular complexity index is 633. The number of halogens is 1. The third-order valence-electron chi connectivity index (χ3n) is 5.00. The SMILES string of the molecule is CCCCCC(C)NC(=O)CN1CCN(CC(=O)Nc2ccccc2Cl)CC1. The first-order chi connectivity index (χ1) is 13.5. The van der Waals surface area contributed by atoms with Gasteiger partial charge in [-0.2, -0.15) is 0 Å². The second-order valence-corrected chi connectivity index (χ2v) is 7.95. The summed E-state index contributed by atoms with van der Waals surface area (Å²) < 4.78 is 0. The molecule has 7 heteroatoms. The normalized spacial score (nSPS) is 16.5. The summed E-state index contributed by atoms with van der Waals surface area (Å²) >= 11 is 6.08. The van der Waals surface area contributed by atoms with Gasteiger partial charge in [0.25, 0.3) is 0 Å². The van der Waals surface area contributed by atoms with Gasteiger partial charge in [0.05, 0.1) is 23.8 Å². The molecular formula is C21H33ClN4O2. The van der Waals surface area contributed by atoms with E-state index < -0.39 is 0 Å². The van der Waals surface area contributed by atoms with Gasteiger partial charge in [-0.3, -0.25) is 19.4 Å². The molecule has 2 N–H and O–H groups in total. The van der Waals surface area contributed by atoms with Crippen molar-refractivity contribution >= 4 is 29.1 Å². The molecule has 0 aliphatic carbocycles. The number of unbranched alkanes of at least 4 members (excludes halogenated alkanes) is 2. The molecule has 28 heavy (non-hydrogen) atoms. The molecule has 2 amide bonds. The molecule has 0 bridgehead atoms. The molecule has 0 saturated carbocycles. The fraction of sp³-hybridized carbons (Fsp3) is 0.619. The second-order valence-electron chi connectivity index (χ2n) is 7.54. The van der Waals surface area contributed by atoms with E-state index in [4.69, 9.17) is 11.6 Å². The summed E-state index contributed by atoms with van der Waals surface area (Å²) in [6.45, 7) is 8.14. The zero-order valence-electron chi connectivity index (χ0n) is 17.0. The van der Waals surface area contributed by atoms with Crippen molar-refractivity contribution in [2.45, 2.75) is 45.6 Å². The minimum Gasteiger partial charge on any atom is -0.353 e. The van der Waals surface area contributed by atoms with Crippen molar-refractivity contribution < 1.29 is 9.59 Å². The lowest BCUT2D eigenvalue weighted by Crippen LogP contribution is -2.51. The average Bonchev–Trinajstić information content (AvgIpc) is 2.65. The molecule has 0 radical (unpaired) electrons. The summed E-state index contributed by atoms with van der Waals surface area (Å²) in [5.74, 6) is 0.0223. The first-order valence-corrected chi connectivity index (χ1v) is 10.6. The largest absolute Gasteiger partial charge is 0.353 e. The number of hydrogen-bond donors (Lipinski definition) is 2. The summed E-state index contributed by atoms with van der Waals surface area (Å²) in [6.07, 6.45) is 4.61. The predicted octanol–water partition coefficient (Wildman–Crippen LogP) is 2.98. The van der Waals surface area contributed by atoms with E-state index in [0.717, 1.165) is 39.0 Å². The van der Waals surface area contributed by atoms with Gasteiger partial charge in [-0.1, -0.05) is 49.9 Å². The van der Waals surface area contributed by atoms with Crippen molar-refractivity contribution in [3.05, 3.63) is 29.3 Å². The molecule has 1 heterocycles. The van der Waals surface area contributed by atoms with Crippen LogP contribution in [0.4, 0.5) is 5.69 Å². The number of carbonyl (C=O) groups is 2. The van der Waals surface area contributed by atoms with Gasteiger partial charge in [0.1, 0.15) is 0 Å². The molecule has 6 nitrogen and oxygen atoms in total. The highest BCUT2D eigenvalue weighted by molar-refractivity contribution is 6.33. The van der Waals surface area contributed by atoms with Crippen molar-refractivity contribution in [2.75, 3.05) is 44.6 Å². The summed E-state index contributed by atoms with van der Waals surface area (Å²) in [5.41, 5.74) is 0.637. The maximum absolute atomic E-state index is 12.2. The van der Waals surface area contributed by atoms with E-state index in [2.05, 4.69) is 34.3 Å². The highest BCUT2D eigenvalue weighted by Crippen LogP contribution is 2.20. The number of carbonyl (C=O) groups excluding carboxylic acids is 2. The molecule has 1 atom stereocenters. The zero-order valence-corrected chi connectivity index (χ0v) is 17.8. The number of para-hydroxylation sites is 1.